The Balaban J connectivity index is 2.41. The fourth-order valence-corrected chi connectivity index (χ4v) is 1.80. The van der Waals surface area contributed by atoms with E-state index in [1.54, 1.807) is 0 Å². The lowest BCUT2D eigenvalue weighted by atomic mass is 10.1. The molecular weight excluding hydrogens is 208 g/mol. The van der Waals surface area contributed by atoms with Gasteiger partial charge in [-0.3, -0.25) is 4.98 Å². The Labute approximate surface area is 94.1 Å². The van der Waals surface area contributed by atoms with Crippen LogP contribution >= 0.6 is 11.6 Å². The lowest BCUT2D eigenvalue weighted by Crippen LogP contribution is -2.01. The second kappa shape index (κ2) is 4.60. The van der Waals surface area contributed by atoms with Gasteiger partial charge in [0.05, 0.1) is 10.5 Å². The SMILES string of the molecule is NCCCc1ccc2cccc(Cl)c2n1. The van der Waals surface area contributed by atoms with Crippen LogP contribution in [0.5, 0.6) is 0 Å². The summed E-state index contributed by atoms with van der Waals surface area (Å²) in [6.07, 6.45) is 1.88. The number of pyridine rings is 1. The third-order valence-corrected chi connectivity index (χ3v) is 2.67. The zero-order chi connectivity index (χ0) is 10.7. The van der Waals surface area contributed by atoms with Crippen LogP contribution in [0.2, 0.25) is 5.02 Å². The third kappa shape index (κ3) is 2.28. The van der Waals surface area contributed by atoms with Gasteiger partial charge in [-0.05, 0) is 31.5 Å². The van der Waals surface area contributed by atoms with Gasteiger partial charge in [-0.2, -0.15) is 0 Å². The highest BCUT2D eigenvalue weighted by molar-refractivity contribution is 6.35. The molecule has 0 unspecified atom stereocenters. The van der Waals surface area contributed by atoms with Crippen molar-refractivity contribution >= 4 is 22.5 Å². The third-order valence-electron chi connectivity index (χ3n) is 2.37. The van der Waals surface area contributed by atoms with Crippen molar-refractivity contribution in [2.75, 3.05) is 6.54 Å². The summed E-state index contributed by atoms with van der Waals surface area (Å²) in [6, 6.07) is 9.91. The van der Waals surface area contributed by atoms with Crippen molar-refractivity contribution in [1.29, 1.82) is 0 Å². The molecule has 0 atom stereocenters. The second-order valence-corrected chi connectivity index (χ2v) is 3.91. The Kier molecular flexibility index (Phi) is 3.19. The van der Waals surface area contributed by atoms with Crippen LogP contribution in [0.3, 0.4) is 0 Å². The molecule has 0 aliphatic carbocycles. The average molecular weight is 221 g/mol. The number of nitrogens with two attached hydrogens (primary N) is 1. The van der Waals surface area contributed by atoms with E-state index in [1.807, 2.05) is 24.3 Å². The van der Waals surface area contributed by atoms with E-state index >= 15 is 0 Å². The minimum atomic E-state index is 0.697. The lowest BCUT2D eigenvalue weighted by Gasteiger charge is -2.03. The van der Waals surface area contributed by atoms with Gasteiger partial charge in [-0.1, -0.05) is 29.8 Å². The average Bonchev–Trinajstić information content (AvgIpc) is 2.27. The van der Waals surface area contributed by atoms with Crippen LogP contribution in [0.25, 0.3) is 10.9 Å². The molecular formula is C12H13ClN2. The van der Waals surface area contributed by atoms with E-state index in [0.29, 0.717) is 11.6 Å². The van der Waals surface area contributed by atoms with Gasteiger partial charge in [0.1, 0.15) is 0 Å². The topological polar surface area (TPSA) is 38.9 Å². The van der Waals surface area contributed by atoms with Crippen LogP contribution in [0.1, 0.15) is 12.1 Å². The molecule has 2 N–H and O–H groups in total. The second-order valence-electron chi connectivity index (χ2n) is 3.51. The van der Waals surface area contributed by atoms with Gasteiger partial charge in [0.25, 0.3) is 0 Å². The summed E-state index contributed by atoms with van der Waals surface area (Å²) in [6.45, 7) is 0.697. The molecule has 1 aromatic carbocycles. The maximum absolute atomic E-state index is 6.08. The van der Waals surface area contributed by atoms with E-state index in [2.05, 4.69) is 11.1 Å². The van der Waals surface area contributed by atoms with Gasteiger partial charge in [-0.15, -0.1) is 0 Å². The smallest absolute Gasteiger partial charge is 0.0891 e. The fraction of sp³-hybridized carbons (Fsp3) is 0.250. The first-order chi connectivity index (χ1) is 7.31. The molecule has 0 spiro atoms. The Hall–Kier alpha value is -1.12. The molecule has 0 saturated carbocycles. The predicted molar refractivity (Wildman–Crippen MR) is 64.1 cm³/mol. The molecule has 0 bridgehead atoms. The van der Waals surface area contributed by atoms with E-state index in [4.69, 9.17) is 17.3 Å². The number of hydrogen-bond acceptors (Lipinski definition) is 2. The number of halogens is 1. The van der Waals surface area contributed by atoms with Gasteiger partial charge >= 0.3 is 0 Å². The largest absolute Gasteiger partial charge is 0.330 e. The molecule has 0 amide bonds. The van der Waals surface area contributed by atoms with Gasteiger partial charge in [0.15, 0.2) is 0 Å². The highest BCUT2D eigenvalue weighted by Crippen LogP contribution is 2.21. The lowest BCUT2D eigenvalue weighted by molar-refractivity contribution is 0.814. The van der Waals surface area contributed by atoms with Crippen molar-refractivity contribution in [3.63, 3.8) is 0 Å². The molecule has 1 aromatic heterocycles. The van der Waals surface area contributed by atoms with Crippen molar-refractivity contribution in [2.24, 2.45) is 5.73 Å². The molecule has 0 radical (unpaired) electrons. The Bertz CT molecular complexity index is 468. The fourth-order valence-electron chi connectivity index (χ4n) is 1.57. The predicted octanol–water partition coefficient (Wildman–Crippen LogP) is 2.78. The number of fused-ring (bicyclic) bond motifs is 1. The van der Waals surface area contributed by atoms with E-state index in [-0.39, 0.29) is 0 Å². The summed E-state index contributed by atoms with van der Waals surface area (Å²) in [4.78, 5) is 4.52. The molecule has 15 heavy (non-hydrogen) atoms. The van der Waals surface area contributed by atoms with E-state index in [0.717, 1.165) is 29.4 Å². The number of aromatic nitrogens is 1. The minimum absolute atomic E-state index is 0.697. The minimum Gasteiger partial charge on any atom is -0.330 e. The molecule has 2 nitrogen and oxygen atoms in total. The Morgan fingerprint density at radius 1 is 1.20 bits per heavy atom. The van der Waals surface area contributed by atoms with Crippen LogP contribution in [-0.4, -0.2) is 11.5 Å². The molecule has 3 heteroatoms. The van der Waals surface area contributed by atoms with Crippen LogP contribution in [0, 0.1) is 0 Å². The summed E-state index contributed by atoms with van der Waals surface area (Å²) < 4.78 is 0. The number of aryl methyl sites for hydroxylation is 1. The summed E-state index contributed by atoms with van der Waals surface area (Å²) in [5, 5.41) is 1.79. The van der Waals surface area contributed by atoms with Crippen LogP contribution in [-0.2, 0) is 6.42 Å². The monoisotopic (exact) mass is 220 g/mol. The first kappa shape index (κ1) is 10.4. The van der Waals surface area contributed by atoms with Crippen molar-refractivity contribution in [3.8, 4) is 0 Å². The quantitative estimate of drug-likeness (QED) is 0.864. The maximum Gasteiger partial charge on any atom is 0.0891 e. The van der Waals surface area contributed by atoms with Gasteiger partial charge < -0.3 is 5.73 Å². The standard InChI is InChI=1S/C12H13ClN2/c13-11-5-1-3-9-6-7-10(4-2-8-14)15-12(9)11/h1,3,5-7H,2,4,8,14H2. The first-order valence-corrected chi connectivity index (χ1v) is 5.43. The van der Waals surface area contributed by atoms with Crippen molar-refractivity contribution in [3.05, 3.63) is 41.0 Å². The van der Waals surface area contributed by atoms with Gasteiger partial charge in [0.2, 0.25) is 0 Å². The maximum atomic E-state index is 6.08. The molecule has 0 aliphatic rings. The summed E-state index contributed by atoms with van der Waals surface area (Å²) in [5.74, 6) is 0. The molecule has 0 fully saturated rings. The molecule has 2 aromatic rings. The van der Waals surface area contributed by atoms with E-state index in [1.165, 1.54) is 0 Å². The highest BCUT2D eigenvalue weighted by Gasteiger charge is 2.01. The van der Waals surface area contributed by atoms with Crippen LogP contribution in [0.15, 0.2) is 30.3 Å². The van der Waals surface area contributed by atoms with E-state index < -0.39 is 0 Å². The van der Waals surface area contributed by atoms with Crippen LogP contribution in [0.4, 0.5) is 0 Å². The number of hydrogen-bond donors (Lipinski definition) is 1. The summed E-state index contributed by atoms with van der Waals surface area (Å²) in [5.41, 5.74) is 7.40. The molecule has 2 rings (SSSR count). The highest BCUT2D eigenvalue weighted by atomic mass is 35.5. The zero-order valence-corrected chi connectivity index (χ0v) is 9.17. The molecule has 0 saturated heterocycles. The van der Waals surface area contributed by atoms with Gasteiger partial charge in [0, 0.05) is 11.1 Å². The van der Waals surface area contributed by atoms with Crippen LogP contribution < -0.4 is 5.73 Å². The number of para-hydroxylation sites is 1. The number of nitrogens with zero attached hydrogens (tertiary/aromatic N) is 1. The number of rotatable bonds is 3. The molecule has 0 aliphatic heterocycles. The molecule has 1 heterocycles. The van der Waals surface area contributed by atoms with Crippen molar-refractivity contribution in [2.45, 2.75) is 12.8 Å². The Morgan fingerprint density at radius 3 is 2.87 bits per heavy atom. The summed E-state index contributed by atoms with van der Waals surface area (Å²) in [7, 11) is 0. The summed E-state index contributed by atoms with van der Waals surface area (Å²) >= 11 is 6.08. The Morgan fingerprint density at radius 2 is 2.07 bits per heavy atom. The zero-order valence-electron chi connectivity index (χ0n) is 8.41. The molecule has 78 valence electrons. The van der Waals surface area contributed by atoms with Gasteiger partial charge in [-0.25, -0.2) is 0 Å². The number of benzene rings is 1. The van der Waals surface area contributed by atoms with E-state index in [9.17, 15) is 0 Å². The van der Waals surface area contributed by atoms with Crippen molar-refractivity contribution in [1.82, 2.24) is 4.98 Å². The first-order valence-electron chi connectivity index (χ1n) is 5.05. The van der Waals surface area contributed by atoms with Crippen molar-refractivity contribution < 1.29 is 0 Å². The normalized spacial score (nSPS) is 10.8.